The zero-order valence-electron chi connectivity index (χ0n) is 14.7. The quantitative estimate of drug-likeness (QED) is 0.920. The molecule has 3 aliphatic rings. The molecule has 4 rings (SSSR count). The van der Waals surface area contributed by atoms with E-state index in [1.807, 2.05) is 6.92 Å². The number of carbonyl (C=O) groups excluding carboxylic acids is 1. The number of piperazine rings is 1. The van der Waals surface area contributed by atoms with Crippen LogP contribution in [-0.4, -0.2) is 59.1 Å². The Labute approximate surface area is 144 Å². The Morgan fingerprint density at radius 3 is 2.92 bits per heavy atom. The molecule has 4 heteroatoms. The van der Waals surface area contributed by atoms with Crippen molar-refractivity contribution in [2.75, 3.05) is 26.2 Å². The van der Waals surface area contributed by atoms with Crippen molar-refractivity contribution in [3.8, 4) is 0 Å². The van der Waals surface area contributed by atoms with E-state index in [4.69, 9.17) is 0 Å². The highest BCUT2D eigenvalue weighted by molar-refractivity contribution is 5.85. The van der Waals surface area contributed by atoms with Crippen LogP contribution in [0.3, 0.4) is 0 Å². The fourth-order valence-corrected chi connectivity index (χ4v) is 5.02. The number of amides is 1. The van der Waals surface area contributed by atoms with Crippen molar-refractivity contribution in [3.05, 3.63) is 35.4 Å². The van der Waals surface area contributed by atoms with Gasteiger partial charge < -0.3 is 10.0 Å². The van der Waals surface area contributed by atoms with Crippen LogP contribution in [0.15, 0.2) is 24.3 Å². The van der Waals surface area contributed by atoms with E-state index in [1.165, 1.54) is 11.1 Å². The van der Waals surface area contributed by atoms with E-state index in [1.54, 1.807) is 0 Å². The molecule has 1 amide bonds. The van der Waals surface area contributed by atoms with Gasteiger partial charge in [-0.15, -0.1) is 0 Å². The average molecular weight is 328 g/mol. The normalized spacial score (nSPS) is 33.5. The maximum Gasteiger partial charge on any atom is 0.226 e. The van der Waals surface area contributed by atoms with Crippen LogP contribution in [0.25, 0.3) is 0 Å². The molecule has 130 valence electrons. The van der Waals surface area contributed by atoms with E-state index in [9.17, 15) is 9.90 Å². The standard InChI is InChI=1S/C20H28N2O2/c1-14-12-21(13-15(2)23)9-10-22(14)19(24)18-11-20(18)8-7-16-5-3-4-6-17(16)20/h3-6,14-15,18,23H,7-13H2,1-2H3/t14-,15-,18-,20+/m0/s1. The first-order chi connectivity index (χ1) is 11.5. The van der Waals surface area contributed by atoms with Gasteiger partial charge in [-0.25, -0.2) is 0 Å². The van der Waals surface area contributed by atoms with Gasteiger partial charge in [-0.1, -0.05) is 24.3 Å². The summed E-state index contributed by atoms with van der Waals surface area (Å²) in [5, 5.41) is 9.57. The first kappa shape index (κ1) is 16.1. The maximum atomic E-state index is 13.1. The van der Waals surface area contributed by atoms with Gasteiger partial charge in [-0.2, -0.15) is 0 Å². The Morgan fingerprint density at radius 1 is 1.38 bits per heavy atom. The van der Waals surface area contributed by atoms with Gasteiger partial charge in [-0.3, -0.25) is 9.69 Å². The Hall–Kier alpha value is -1.39. The number of β-amino-alcohol motifs (C(OH)–C–C–N with tert-alkyl or cyclic N) is 1. The second-order valence-electron chi connectivity index (χ2n) is 8.06. The number of hydrogen-bond donors (Lipinski definition) is 1. The topological polar surface area (TPSA) is 43.8 Å². The van der Waals surface area contributed by atoms with Crippen LogP contribution < -0.4 is 0 Å². The summed E-state index contributed by atoms with van der Waals surface area (Å²) in [5.41, 5.74) is 3.02. The Kier molecular flexibility index (Phi) is 3.92. The molecular weight excluding hydrogens is 300 g/mol. The number of carbonyl (C=O) groups is 1. The van der Waals surface area contributed by atoms with Gasteiger partial charge in [0, 0.05) is 43.6 Å². The number of hydrogen-bond acceptors (Lipinski definition) is 3. The monoisotopic (exact) mass is 328 g/mol. The molecule has 1 saturated heterocycles. The molecule has 1 N–H and O–H groups in total. The minimum atomic E-state index is -0.304. The predicted octanol–water partition coefficient (Wildman–Crippen LogP) is 1.80. The highest BCUT2D eigenvalue weighted by atomic mass is 16.3. The molecular formula is C20H28N2O2. The summed E-state index contributed by atoms with van der Waals surface area (Å²) in [6.45, 7) is 7.20. The number of nitrogens with zero attached hydrogens (tertiary/aromatic N) is 2. The highest BCUT2D eigenvalue weighted by Gasteiger charge is 2.62. The van der Waals surface area contributed by atoms with Crippen LogP contribution in [0, 0.1) is 5.92 Å². The minimum Gasteiger partial charge on any atom is -0.392 e. The smallest absolute Gasteiger partial charge is 0.226 e. The molecule has 1 heterocycles. The van der Waals surface area contributed by atoms with E-state index in [2.05, 4.69) is 41.0 Å². The van der Waals surface area contributed by atoms with E-state index >= 15 is 0 Å². The molecule has 1 spiro atoms. The fraction of sp³-hybridized carbons (Fsp3) is 0.650. The van der Waals surface area contributed by atoms with E-state index in [0.29, 0.717) is 12.5 Å². The van der Waals surface area contributed by atoms with Gasteiger partial charge in [0.25, 0.3) is 0 Å². The number of fused-ring (bicyclic) bond motifs is 2. The van der Waals surface area contributed by atoms with E-state index in [0.717, 1.165) is 38.9 Å². The number of aliphatic hydroxyl groups excluding tert-OH is 1. The summed E-state index contributed by atoms with van der Waals surface area (Å²) >= 11 is 0. The van der Waals surface area contributed by atoms with Crippen molar-refractivity contribution in [3.63, 3.8) is 0 Å². The highest BCUT2D eigenvalue weighted by Crippen LogP contribution is 2.62. The molecule has 0 unspecified atom stereocenters. The zero-order valence-corrected chi connectivity index (χ0v) is 14.7. The molecule has 0 aromatic heterocycles. The average Bonchev–Trinajstić information content (AvgIpc) is 3.16. The van der Waals surface area contributed by atoms with Crippen molar-refractivity contribution < 1.29 is 9.90 Å². The van der Waals surface area contributed by atoms with Gasteiger partial charge in [0.2, 0.25) is 5.91 Å². The second kappa shape index (κ2) is 5.85. The summed E-state index contributed by atoms with van der Waals surface area (Å²) in [6.07, 6.45) is 2.99. The van der Waals surface area contributed by atoms with Gasteiger partial charge in [0.15, 0.2) is 0 Å². The largest absolute Gasteiger partial charge is 0.392 e. The van der Waals surface area contributed by atoms with Gasteiger partial charge >= 0.3 is 0 Å². The number of aryl methyl sites for hydroxylation is 1. The summed E-state index contributed by atoms with van der Waals surface area (Å²) in [6, 6.07) is 8.92. The van der Waals surface area contributed by atoms with E-state index in [-0.39, 0.29) is 23.5 Å². The molecule has 1 saturated carbocycles. The Balaban J connectivity index is 1.43. The lowest BCUT2D eigenvalue weighted by atomic mass is 9.94. The zero-order chi connectivity index (χ0) is 16.9. The number of aliphatic hydroxyl groups is 1. The van der Waals surface area contributed by atoms with Gasteiger partial charge in [0.05, 0.1) is 6.10 Å². The van der Waals surface area contributed by atoms with Crippen LogP contribution in [0.4, 0.5) is 0 Å². The van der Waals surface area contributed by atoms with Crippen LogP contribution >= 0.6 is 0 Å². The molecule has 0 radical (unpaired) electrons. The molecule has 1 aromatic carbocycles. The summed E-state index contributed by atoms with van der Waals surface area (Å²) < 4.78 is 0. The lowest BCUT2D eigenvalue weighted by molar-refractivity contribution is -0.137. The Morgan fingerprint density at radius 2 is 2.17 bits per heavy atom. The van der Waals surface area contributed by atoms with Gasteiger partial charge in [0.1, 0.15) is 0 Å². The lowest BCUT2D eigenvalue weighted by Crippen LogP contribution is -2.55. The van der Waals surface area contributed by atoms with Crippen LogP contribution in [0.5, 0.6) is 0 Å². The minimum absolute atomic E-state index is 0.143. The second-order valence-corrected chi connectivity index (χ2v) is 8.06. The number of rotatable bonds is 3. The molecule has 4 atom stereocenters. The molecule has 24 heavy (non-hydrogen) atoms. The van der Waals surface area contributed by atoms with E-state index < -0.39 is 0 Å². The molecule has 2 fully saturated rings. The molecule has 0 bridgehead atoms. The Bertz CT molecular complexity index is 644. The maximum absolute atomic E-state index is 13.1. The van der Waals surface area contributed by atoms with Crippen molar-refractivity contribution >= 4 is 5.91 Å². The van der Waals surface area contributed by atoms with Crippen molar-refractivity contribution in [2.24, 2.45) is 5.92 Å². The molecule has 2 aliphatic carbocycles. The van der Waals surface area contributed by atoms with Crippen molar-refractivity contribution in [1.29, 1.82) is 0 Å². The molecule has 1 aromatic rings. The number of benzene rings is 1. The third kappa shape index (κ3) is 2.56. The summed E-state index contributed by atoms with van der Waals surface area (Å²) in [5.74, 6) is 0.544. The first-order valence-corrected chi connectivity index (χ1v) is 9.30. The molecule has 4 nitrogen and oxygen atoms in total. The van der Waals surface area contributed by atoms with Crippen molar-refractivity contribution in [2.45, 2.75) is 50.7 Å². The van der Waals surface area contributed by atoms with Crippen molar-refractivity contribution in [1.82, 2.24) is 9.80 Å². The van der Waals surface area contributed by atoms with Crippen LogP contribution in [-0.2, 0) is 16.6 Å². The first-order valence-electron chi connectivity index (χ1n) is 9.30. The third-order valence-electron chi connectivity index (χ3n) is 6.28. The summed E-state index contributed by atoms with van der Waals surface area (Å²) in [4.78, 5) is 17.5. The lowest BCUT2D eigenvalue weighted by Gasteiger charge is -2.40. The summed E-state index contributed by atoms with van der Waals surface area (Å²) in [7, 11) is 0. The molecule has 1 aliphatic heterocycles. The fourth-order valence-electron chi connectivity index (χ4n) is 5.02. The third-order valence-corrected chi connectivity index (χ3v) is 6.28. The van der Waals surface area contributed by atoms with Crippen LogP contribution in [0.1, 0.15) is 37.8 Å². The van der Waals surface area contributed by atoms with Crippen LogP contribution in [0.2, 0.25) is 0 Å². The van der Waals surface area contributed by atoms with Gasteiger partial charge in [-0.05, 0) is 44.2 Å². The SMILES string of the molecule is C[C@H](O)CN1CCN(C(=O)[C@@H]2C[C@@]23CCc2ccccc23)[C@@H](C)C1. The predicted molar refractivity (Wildman–Crippen MR) is 93.8 cm³/mol.